The fraction of sp³-hybridized carbons (Fsp3) is 0.391. The van der Waals surface area contributed by atoms with Gasteiger partial charge in [-0.2, -0.15) is 4.31 Å². The van der Waals surface area contributed by atoms with E-state index in [1.165, 1.54) is 29.6 Å². The zero-order valence-electron chi connectivity index (χ0n) is 18.5. The van der Waals surface area contributed by atoms with Crippen LogP contribution in [0.4, 0.5) is 5.69 Å². The van der Waals surface area contributed by atoms with E-state index in [4.69, 9.17) is 9.47 Å². The highest BCUT2D eigenvalue weighted by atomic mass is 32.2. The Morgan fingerprint density at radius 3 is 2.41 bits per heavy atom. The summed E-state index contributed by atoms with van der Waals surface area (Å²) in [4.78, 5) is 24.5. The lowest BCUT2D eigenvalue weighted by atomic mass is 10.1. The van der Waals surface area contributed by atoms with Gasteiger partial charge in [0.05, 0.1) is 19.3 Å². The van der Waals surface area contributed by atoms with Crippen molar-refractivity contribution in [3.05, 3.63) is 53.6 Å². The fourth-order valence-electron chi connectivity index (χ4n) is 3.68. The van der Waals surface area contributed by atoms with Crippen molar-refractivity contribution in [2.75, 3.05) is 25.6 Å². The summed E-state index contributed by atoms with van der Waals surface area (Å²) in [5, 5.41) is 2.72. The van der Waals surface area contributed by atoms with Crippen LogP contribution in [0.5, 0.6) is 5.75 Å². The summed E-state index contributed by atoms with van der Waals surface area (Å²) in [6, 6.07) is 10.5. The van der Waals surface area contributed by atoms with E-state index >= 15 is 0 Å². The number of rotatable bonds is 7. The van der Waals surface area contributed by atoms with Crippen LogP contribution in [-0.2, 0) is 14.8 Å². The van der Waals surface area contributed by atoms with Gasteiger partial charge >= 0.3 is 5.97 Å². The van der Waals surface area contributed by atoms with Gasteiger partial charge in [0, 0.05) is 23.8 Å². The molecule has 1 saturated heterocycles. The molecule has 1 aliphatic rings. The molecule has 2 aromatic carbocycles. The summed E-state index contributed by atoms with van der Waals surface area (Å²) < 4.78 is 38.4. The van der Waals surface area contributed by atoms with Crippen molar-refractivity contribution in [1.82, 2.24) is 4.31 Å². The number of benzene rings is 2. The lowest BCUT2D eigenvalue weighted by Crippen LogP contribution is -2.42. The van der Waals surface area contributed by atoms with Gasteiger partial charge in [-0.3, -0.25) is 4.79 Å². The van der Waals surface area contributed by atoms with Crippen molar-refractivity contribution in [2.24, 2.45) is 0 Å². The molecular formula is C23H28N2O6S. The average molecular weight is 461 g/mol. The van der Waals surface area contributed by atoms with E-state index < -0.39 is 21.9 Å². The number of carbonyl (C=O) groups is 2. The number of nitrogens with one attached hydrogen (secondary N) is 1. The Labute approximate surface area is 188 Å². The molecule has 0 radical (unpaired) electrons. The molecule has 1 fully saturated rings. The van der Waals surface area contributed by atoms with Gasteiger partial charge in [0.2, 0.25) is 10.0 Å². The first-order valence-electron chi connectivity index (χ1n) is 10.6. The second kappa shape index (κ2) is 10.1. The highest BCUT2D eigenvalue weighted by Gasteiger charge is 2.33. The topological polar surface area (TPSA) is 102 Å². The number of anilines is 1. The third kappa shape index (κ3) is 5.11. The number of piperidine rings is 1. The van der Waals surface area contributed by atoms with Gasteiger partial charge in [-0.1, -0.05) is 6.42 Å². The zero-order valence-corrected chi connectivity index (χ0v) is 19.3. The van der Waals surface area contributed by atoms with Crippen LogP contribution in [0.3, 0.4) is 0 Å². The number of sulfonamides is 1. The predicted molar refractivity (Wildman–Crippen MR) is 121 cm³/mol. The molecule has 0 spiro atoms. The first-order chi connectivity index (χ1) is 15.3. The molecule has 1 aliphatic heterocycles. The zero-order chi connectivity index (χ0) is 23.3. The van der Waals surface area contributed by atoms with Crippen molar-refractivity contribution in [3.63, 3.8) is 0 Å². The Balaban J connectivity index is 1.84. The predicted octanol–water partition coefficient (Wildman–Crippen LogP) is 3.69. The molecule has 1 N–H and O–H groups in total. The molecule has 9 heteroatoms. The molecule has 1 amide bonds. The van der Waals surface area contributed by atoms with E-state index in [0.717, 1.165) is 19.3 Å². The minimum atomic E-state index is -3.83. The van der Waals surface area contributed by atoms with Crippen LogP contribution in [0.1, 0.15) is 53.8 Å². The second-order valence-electron chi connectivity index (χ2n) is 7.58. The molecular weight excluding hydrogens is 432 g/mol. The van der Waals surface area contributed by atoms with E-state index in [0.29, 0.717) is 17.8 Å². The molecule has 1 unspecified atom stereocenters. The number of esters is 1. The Bertz CT molecular complexity index is 1080. The number of carbonyl (C=O) groups excluding carboxylic acids is 2. The molecule has 1 heterocycles. The summed E-state index contributed by atoms with van der Waals surface area (Å²) in [5.41, 5.74) is 1.02. The Morgan fingerprint density at radius 1 is 1.09 bits per heavy atom. The largest absolute Gasteiger partial charge is 0.495 e. The van der Waals surface area contributed by atoms with Crippen LogP contribution in [0.25, 0.3) is 0 Å². The van der Waals surface area contributed by atoms with Gasteiger partial charge in [-0.05, 0) is 69.2 Å². The molecule has 0 saturated carbocycles. The number of amides is 1. The number of methoxy groups -OCH3 is 1. The molecule has 0 bridgehead atoms. The normalized spacial score (nSPS) is 16.9. The van der Waals surface area contributed by atoms with Gasteiger partial charge < -0.3 is 14.8 Å². The highest BCUT2D eigenvalue weighted by Crippen LogP contribution is 2.32. The van der Waals surface area contributed by atoms with E-state index in [1.807, 2.05) is 6.92 Å². The van der Waals surface area contributed by atoms with Crippen LogP contribution in [0.2, 0.25) is 0 Å². The first-order valence-corrected chi connectivity index (χ1v) is 12.0. The number of ether oxygens (including phenoxy) is 2. The van der Waals surface area contributed by atoms with Crippen molar-refractivity contribution in [3.8, 4) is 5.75 Å². The maximum absolute atomic E-state index is 13.3. The van der Waals surface area contributed by atoms with Crippen LogP contribution in [0, 0.1) is 0 Å². The maximum atomic E-state index is 13.3. The summed E-state index contributed by atoms with van der Waals surface area (Å²) in [5.74, 6) is -0.722. The van der Waals surface area contributed by atoms with Gasteiger partial charge in [-0.15, -0.1) is 0 Å². The second-order valence-corrected chi connectivity index (χ2v) is 9.44. The maximum Gasteiger partial charge on any atom is 0.338 e. The molecule has 8 nitrogen and oxygen atoms in total. The Kier molecular flexibility index (Phi) is 7.52. The number of hydrogen-bond donors (Lipinski definition) is 1. The molecule has 1 atom stereocenters. The third-order valence-electron chi connectivity index (χ3n) is 5.41. The Hall–Kier alpha value is -2.91. The molecule has 0 aliphatic carbocycles. The molecule has 2 aromatic rings. The number of nitrogens with zero attached hydrogens (tertiary/aromatic N) is 1. The van der Waals surface area contributed by atoms with Crippen molar-refractivity contribution >= 4 is 27.6 Å². The van der Waals surface area contributed by atoms with E-state index in [-0.39, 0.29) is 28.9 Å². The molecule has 3 rings (SSSR count). The third-order valence-corrected chi connectivity index (χ3v) is 7.44. The van der Waals surface area contributed by atoms with Crippen LogP contribution in [-0.4, -0.2) is 50.9 Å². The molecule has 32 heavy (non-hydrogen) atoms. The minimum absolute atomic E-state index is 0.0286. The lowest BCUT2D eigenvalue weighted by molar-refractivity contribution is 0.0526. The summed E-state index contributed by atoms with van der Waals surface area (Å²) >= 11 is 0. The van der Waals surface area contributed by atoms with E-state index in [2.05, 4.69) is 5.32 Å². The van der Waals surface area contributed by atoms with Gasteiger partial charge in [0.25, 0.3) is 5.91 Å². The summed E-state index contributed by atoms with van der Waals surface area (Å²) in [6.07, 6.45) is 2.58. The lowest BCUT2D eigenvalue weighted by Gasteiger charge is -2.32. The SMILES string of the molecule is CCOC(=O)c1ccc(NC(=O)c2ccc(OC)c(S(=O)(=O)N3CCCCC3C)c2)cc1. The number of hydrogen-bond acceptors (Lipinski definition) is 6. The van der Waals surface area contributed by atoms with Crippen LogP contribution in [0.15, 0.2) is 47.4 Å². The molecule has 172 valence electrons. The van der Waals surface area contributed by atoms with Crippen molar-refractivity contribution < 1.29 is 27.5 Å². The van der Waals surface area contributed by atoms with Crippen molar-refractivity contribution in [1.29, 1.82) is 0 Å². The van der Waals surface area contributed by atoms with Gasteiger partial charge in [0.1, 0.15) is 10.6 Å². The first kappa shape index (κ1) is 23.7. The average Bonchev–Trinajstić information content (AvgIpc) is 2.79. The van der Waals surface area contributed by atoms with E-state index in [9.17, 15) is 18.0 Å². The summed E-state index contributed by atoms with van der Waals surface area (Å²) in [6.45, 7) is 4.33. The standard InChI is InChI=1S/C23H28N2O6S/c1-4-31-23(27)17-8-11-19(12-9-17)24-22(26)18-10-13-20(30-3)21(15-18)32(28,29)25-14-6-5-7-16(25)2/h8-13,15-16H,4-7,14H2,1-3H3,(H,24,26). The van der Waals surface area contributed by atoms with Gasteiger partial charge in [-0.25, -0.2) is 13.2 Å². The van der Waals surface area contributed by atoms with Crippen LogP contribution >= 0.6 is 0 Å². The summed E-state index contributed by atoms with van der Waals surface area (Å²) in [7, 11) is -2.42. The smallest absolute Gasteiger partial charge is 0.338 e. The minimum Gasteiger partial charge on any atom is -0.495 e. The van der Waals surface area contributed by atoms with E-state index in [1.54, 1.807) is 31.2 Å². The van der Waals surface area contributed by atoms with Gasteiger partial charge in [0.15, 0.2) is 0 Å². The highest BCUT2D eigenvalue weighted by molar-refractivity contribution is 7.89. The monoisotopic (exact) mass is 460 g/mol. The quantitative estimate of drug-likeness (QED) is 0.633. The Morgan fingerprint density at radius 2 is 1.78 bits per heavy atom. The van der Waals surface area contributed by atoms with Crippen LogP contribution < -0.4 is 10.1 Å². The fourth-order valence-corrected chi connectivity index (χ4v) is 5.56. The van der Waals surface area contributed by atoms with Crippen molar-refractivity contribution in [2.45, 2.75) is 44.0 Å². The molecule has 0 aromatic heterocycles.